The van der Waals surface area contributed by atoms with Crippen LogP contribution >= 0.6 is 11.6 Å². The summed E-state index contributed by atoms with van der Waals surface area (Å²) in [6, 6.07) is 3.99. The van der Waals surface area contributed by atoms with Crippen molar-refractivity contribution in [2.45, 2.75) is 58.6 Å². The third kappa shape index (κ3) is 5.81. The lowest BCUT2D eigenvalue weighted by Gasteiger charge is -2.48. The van der Waals surface area contributed by atoms with Crippen LogP contribution in [0.5, 0.6) is 0 Å². The standard InChI is InChI=1S/C22H30ClN5O2/c1-5-6-16-14-28(18(16)8-10-25-21(29)30-22(2,3)4)20-26-12-17(13-27-20)15-7-9-24-19(23)11-15/h7,9,11-13,16,18H,5-6,8,10,14H2,1-4H3,(H,25,29). The van der Waals surface area contributed by atoms with Crippen LogP contribution in [0.25, 0.3) is 11.1 Å². The zero-order valence-corrected chi connectivity index (χ0v) is 18.8. The highest BCUT2D eigenvalue weighted by Gasteiger charge is 2.39. The molecule has 1 N–H and O–H groups in total. The summed E-state index contributed by atoms with van der Waals surface area (Å²) in [7, 11) is 0. The van der Waals surface area contributed by atoms with Gasteiger partial charge in [0.05, 0.1) is 0 Å². The van der Waals surface area contributed by atoms with E-state index in [9.17, 15) is 4.79 Å². The highest BCUT2D eigenvalue weighted by Crippen LogP contribution is 2.34. The maximum atomic E-state index is 11.9. The van der Waals surface area contributed by atoms with Crippen molar-refractivity contribution in [2.75, 3.05) is 18.0 Å². The summed E-state index contributed by atoms with van der Waals surface area (Å²) in [6.45, 7) is 9.27. The van der Waals surface area contributed by atoms with Crippen molar-refractivity contribution < 1.29 is 9.53 Å². The summed E-state index contributed by atoms with van der Waals surface area (Å²) in [6.07, 6.45) is 8.04. The van der Waals surface area contributed by atoms with Gasteiger partial charge < -0.3 is 15.0 Å². The van der Waals surface area contributed by atoms with Gasteiger partial charge in [0.2, 0.25) is 5.95 Å². The summed E-state index contributed by atoms with van der Waals surface area (Å²) in [4.78, 5) is 27.3. The number of nitrogens with zero attached hydrogens (tertiary/aromatic N) is 4. The Morgan fingerprint density at radius 2 is 1.97 bits per heavy atom. The number of rotatable bonds is 7. The Kier molecular flexibility index (Phi) is 7.13. The molecule has 2 aromatic heterocycles. The third-order valence-electron chi connectivity index (χ3n) is 5.10. The molecule has 1 amide bonds. The van der Waals surface area contributed by atoms with Crippen LogP contribution in [0.15, 0.2) is 30.7 Å². The Balaban J connectivity index is 1.62. The SMILES string of the molecule is CCCC1CN(c2ncc(-c3ccnc(Cl)c3)cn2)C1CCNC(=O)OC(C)(C)C. The van der Waals surface area contributed by atoms with E-state index in [1.54, 1.807) is 12.3 Å². The first-order chi connectivity index (χ1) is 14.3. The minimum Gasteiger partial charge on any atom is -0.444 e. The normalized spacial score (nSPS) is 18.6. The van der Waals surface area contributed by atoms with Crippen molar-refractivity contribution in [3.63, 3.8) is 0 Å². The summed E-state index contributed by atoms with van der Waals surface area (Å²) in [5, 5.41) is 3.31. The molecule has 7 nitrogen and oxygen atoms in total. The lowest BCUT2D eigenvalue weighted by molar-refractivity contribution is 0.0523. The molecule has 3 rings (SSSR count). The van der Waals surface area contributed by atoms with Gasteiger partial charge in [-0.2, -0.15) is 0 Å². The van der Waals surface area contributed by atoms with E-state index in [0.717, 1.165) is 36.9 Å². The molecule has 0 saturated carbocycles. The molecule has 2 atom stereocenters. The van der Waals surface area contributed by atoms with Crippen molar-refractivity contribution >= 4 is 23.6 Å². The second-order valence-electron chi connectivity index (χ2n) is 8.62. The first kappa shape index (κ1) is 22.3. The number of carbonyl (C=O) groups is 1. The number of anilines is 1. The smallest absolute Gasteiger partial charge is 0.407 e. The molecule has 0 aromatic carbocycles. The average Bonchev–Trinajstić information content (AvgIpc) is 2.67. The van der Waals surface area contributed by atoms with E-state index in [1.165, 1.54) is 0 Å². The van der Waals surface area contributed by atoms with E-state index in [4.69, 9.17) is 16.3 Å². The van der Waals surface area contributed by atoms with Gasteiger partial charge in [0, 0.05) is 43.3 Å². The number of hydrogen-bond acceptors (Lipinski definition) is 6. The fourth-order valence-corrected chi connectivity index (χ4v) is 3.91. The van der Waals surface area contributed by atoms with E-state index in [0.29, 0.717) is 29.6 Å². The van der Waals surface area contributed by atoms with Gasteiger partial charge in [-0.15, -0.1) is 0 Å². The number of carbonyl (C=O) groups excluding carboxylic acids is 1. The van der Waals surface area contributed by atoms with Crippen molar-refractivity contribution in [2.24, 2.45) is 5.92 Å². The number of halogens is 1. The molecule has 3 heterocycles. The molecule has 2 aromatic rings. The first-order valence-corrected chi connectivity index (χ1v) is 10.8. The minimum atomic E-state index is -0.494. The van der Waals surface area contributed by atoms with Crippen molar-refractivity contribution in [3.8, 4) is 11.1 Å². The molecule has 0 spiro atoms. The van der Waals surface area contributed by atoms with Gasteiger partial charge in [-0.05, 0) is 57.2 Å². The third-order valence-corrected chi connectivity index (χ3v) is 5.31. The van der Waals surface area contributed by atoms with Crippen LogP contribution in [0, 0.1) is 5.92 Å². The molecule has 1 saturated heterocycles. The Labute approximate surface area is 183 Å². The first-order valence-electron chi connectivity index (χ1n) is 10.4. The van der Waals surface area contributed by atoms with E-state index in [2.05, 4.69) is 32.1 Å². The molecule has 1 fully saturated rings. The second kappa shape index (κ2) is 9.60. The Morgan fingerprint density at radius 1 is 1.23 bits per heavy atom. The predicted octanol–water partition coefficient (Wildman–Crippen LogP) is 4.71. The molecule has 0 aliphatic carbocycles. The number of pyridine rings is 1. The van der Waals surface area contributed by atoms with Crippen LogP contribution in [0.1, 0.15) is 47.0 Å². The molecular formula is C22H30ClN5O2. The zero-order valence-electron chi connectivity index (χ0n) is 18.1. The number of ether oxygens (including phenoxy) is 1. The van der Waals surface area contributed by atoms with Gasteiger partial charge in [0.1, 0.15) is 10.8 Å². The molecule has 8 heteroatoms. The Bertz CT molecular complexity index is 853. The fourth-order valence-electron chi connectivity index (χ4n) is 3.74. The van der Waals surface area contributed by atoms with Crippen LogP contribution in [0.3, 0.4) is 0 Å². The molecule has 1 aliphatic rings. The predicted molar refractivity (Wildman–Crippen MR) is 119 cm³/mol. The molecule has 30 heavy (non-hydrogen) atoms. The van der Waals surface area contributed by atoms with Crippen molar-refractivity contribution in [1.82, 2.24) is 20.3 Å². The molecule has 0 bridgehead atoms. The largest absolute Gasteiger partial charge is 0.444 e. The minimum absolute atomic E-state index is 0.307. The van der Waals surface area contributed by atoms with E-state index >= 15 is 0 Å². The number of aromatic nitrogens is 3. The molecule has 0 radical (unpaired) electrons. The van der Waals surface area contributed by atoms with Gasteiger partial charge in [0.25, 0.3) is 0 Å². The quantitative estimate of drug-likeness (QED) is 0.639. The van der Waals surface area contributed by atoms with E-state index in [1.807, 2.05) is 39.2 Å². The summed E-state index contributed by atoms with van der Waals surface area (Å²) in [5.41, 5.74) is 1.34. The van der Waals surface area contributed by atoms with Crippen LogP contribution in [0.2, 0.25) is 5.15 Å². The highest BCUT2D eigenvalue weighted by atomic mass is 35.5. The van der Waals surface area contributed by atoms with Gasteiger partial charge in [-0.1, -0.05) is 24.9 Å². The van der Waals surface area contributed by atoms with Crippen LogP contribution in [-0.2, 0) is 4.74 Å². The van der Waals surface area contributed by atoms with Gasteiger partial charge in [0.15, 0.2) is 0 Å². The van der Waals surface area contributed by atoms with Crippen LogP contribution in [-0.4, -0.2) is 45.8 Å². The molecule has 1 aliphatic heterocycles. The van der Waals surface area contributed by atoms with Crippen LogP contribution < -0.4 is 10.2 Å². The highest BCUT2D eigenvalue weighted by molar-refractivity contribution is 6.29. The fraction of sp³-hybridized carbons (Fsp3) is 0.545. The maximum Gasteiger partial charge on any atom is 0.407 e. The molecule has 162 valence electrons. The number of hydrogen-bond donors (Lipinski definition) is 1. The molecular weight excluding hydrogens is 402 g/mol. The average molecular weight is 432 g/mol. The van der Waals surface area contributed by atoms with Crippen molar-refractivity contribution in [1.29, 1.82) is 0 Å². The van der Waals surface area contributed by atoms with E-state index < -0.39 is 5.60 Å². The van der Waals surface area contributed by atoms with Gasteiger partial charge in [-0.25, -0.2) is 19.7 Å². The molecule has 2 unspecified atom stereocenters. The topological polar surface area (TPSA) is 80.2 Å². The van der Waals surface area contributed by atoms with Crippen molar-refractivity contribution in [3.05, 3.63) is 35.9 Å². The van der Waals surface area contributed by atoms with E-state index in [-0.39, 0.29) is 6.09 Å². The summed E-state index contributed by atoms with van der Waals surface area (Å²) in [5.74, 6) is 1.30. The number of amides is 1. The van der Waals surface area contributed by atoms with Gasteiger partial charge >= 0.3 is 6.09 Å². The summed E-state index contributed by atoms with van der Waals surface area (Å²) >= 11 is 5.98. The van der Waals surface area contributed by atoms with Crippen LogP contribution in [0.4, 0.5) is 10.7 Å². The lowest BCUT2D eigenvalue weighted by atomic mass is 9.83. The Hall–Kier alpha value is -2.41. The van der Waals surface area contributed by atoms with Gasteiger partial charge in [-0.3, -0.25) is 0 Å². The number of nitrogens with one attached hydrogen (secondary N) is 1. The monoisotopic (exact) mass is 431 g/mol. The Morgan fingerprint density at radius 3 is 2.60 bits per heavy atom. The number of alkyl carbamates (subject to hydrolysis) is 1. The second-order valence-corrected chi connectivity index (χ2v) is 9.01. The summed E-state index contributed by atoms with van der Waals surface area (Å²) < 4.78 is 5.32. The zero-order chi connectivity index (χ0) is 21.7. The lowest BCUT2D eigenvalue weighted by Crippen LogP contribution is -2.58. The maximum absolute atomic E-state index is 11.9.